The Morgan fingerprint density at radius 1 is 1.15 bits per heavy atom. The fraction of sp³-hybridized carbons (Fsp3) is 0.533. The van der Waals surface area contributed by atoms with Crippen LogP contribution in [0.25, 0.3) is 0 Å². The Labute approximate surface area is 231 Å². The van der Waals surface area contributed by atoms with Gasteiger partial charge in [-0.15, -0.1) is 11.8 Å². The molecule has 4 bridgehead atoms. The summed E-state index contributed by atoms with van der Waals surface area (Å²) in [7, 11) is 5.66. The number of aliphatic hydroxyl groups excluding tert-OH is 1. The maximum Gasteiger partial charge on any atom is 0.166 e. The molecule has 2 aromatic rings. The third-order valence-electron chi connectivity index (χ3n) is 10.7. The molecule has 7 aliphatic rings. The number of hydrogen-bond donors (Lipinski definition) is 3. The van der Waals surface area contributed by atoms with E-state index in [9.17, 15) is 15.3 Å². The third-order valence-corrected chi connectivity index (χ3v) is 11.8. The van der Waals surface area contributed by atoms with Crippen molar-refractivity contribution in [2.75, 3.05) is 53.3 Å². The average molecular weight is 553 g/mol. The van der Waals surface area contributed by atoms with Gasteiger partial charge in [-0.05, 0) is 23.8 Å². The van der Waals surface area contributed by atoms with Gasteiger partial charge in [-0.3, -0.25) is 0 Å². The monoisotopic (exact) mass is 552 g/mol. The van der Waals surface area contributed by atoms with E-state index in [2.05, 4.69) is 25.3 Å². The molecule has 3 heterocycles. The largest absolute Gasteiger partial charge is 0.508 e. The SMILES string of the molecule is COc1ccc2c3c1OC1C4(OC)C=CC5(c6c(O)cc(SCCO)c(O)c64)C(C2)[N+](C)(CC2CO2)CCC315. The molecule has 206 valence electrons. The zero-order chi connectivity index (χ0) is 26.9. The highest BCUT2D eigenvalue weighted by molar-refractivity contribution is 7.99. The molecule has 9 rings (SSSR count). The molecule has 7 atom stereocenters. The number of phenols is 2. The minimum absolute atomic E-state index is 0.0326. The summed E-state index contributed by atoms with van der Waals surface area (Å²) < 4.78 is 25.8. The van der Waals surface area contributed by atoms with E-state index in [1.807, 2.05) is 6.07 Å². The predicted molar refractivity (Wildman–Crippen MR) is 144 cm³/mol. The fourth-order valence-corrected chi connectivity index (χ4v) is 10.1. The number of methoxy groups -OCH3 is 2. The van der Waals surface area contributed by atoms with E-state index in [1.165, 1.54) is 22.9 Å². The van der Waals surface area contributed by atoms with Gasteiger partial charge in [0.1, 0.15) is 36.3 Å². The summed E-state index contributed by atoms with van der Waals surface area (Å²) in [5.41, 5.74) is 1.52. The molecule has 4 aliphatic carbocycles. The molecule has 0 radical (unpaired) electrons. The average Bonchev–Trinajstić information content (AvgIpc) is 3.67. The van der Waals surface area contributed by atoms with Crippen molar-refractivity contribution in [2.45, 2.75) is 52.4 Å². The molecule has 2 saturated heterocycles. The first kappa shape index (κ1) is 24.4. The number of nitrogens with zero attached hydrogens (tertiary/aromatic N) is 1. The normalized spacial score (nSPS) is 39.2. The lowest BCUT2D eigenvalue weighted by Crippen LogP contribution is -2.81. The van der Waals surface area contributed by atoms with Gasteiger partial charge in [0, 0.05) is 42.4 Å². The van der Waals surface area contributed by atoms with Crippen LogP contribution in [-0.4, -0.2) is 91.4 Å². The van der Waals surface area contributed by atoms with E-state index < -0.39 is 22.5 Å². The summed E-state index contributed by atoms with van der Waals surface area (Å²) in [5, 5.41) is 33.3. The van der Waals surface area contributed by atoms with Crippen LogP contribution in [0.1, 0.15) is 28.7 Å². The Balaban J connectivity index is 1.49. The third kappa shape index (κ3) is 2.58. The molecule has 0 saturated carbocycles. The second-order valence-corrected chi connectivity index (χ2v) is 13.3. The van der Waals surface area contributed by atoms with E-state index in [0.29, 0.717) is 22.0 Å². The van der Waals surface area contributed by atoms with Gasteiger partial charge in [0.15, 0.2) is 17.1 Å². The van der Waals surface area contributed by atoms with Gasteiger partial charge in [-0.1, -0.05) is 12.1 Å². The van der Waals surface area contributed by atoms with Crippen LogP contribution in [0.4, 0.5) is 0 Å². The highest BCUT2D eigenvalue weighted by Crippen LogP contribution is 2.76. The van der Waals surface area contributed by atoms with Crippen molar-refractivity contribution < 1.29 is 38.8 Å². The Morgan fingerprint density at radius 3 is 2.69 bits per heavy atom. The fourth-order valence-electron chi connectivity index (χ4n) is 9.32. The molecular formula is C30H34NO7S+. The van der Waals surface area contributed by atoms with E-state index in [1.54, 1.807) is 20.3 Å². The minimum atomic E-state index is -1.11. The van der Waals surface area contributed by atoms with E-state index >= 15 is 0 Å². The van der Waals surface area contributed by atoms with Crippen molar-refractivity contribution in [3.63, 3.8) is 0 Å². The van der Waals surface area contributed by atoms with Crippen LogP contribution in [0.15, 0.2) is 35.2 Å². The second-order valence-electron chi connectivity index (χ2n) is 12.2. The standard InChI is InChI=1S/C30H33NO7S/c1-31(14-17-15-37-17)9-8-29-22-16-4-5-19(35-2)26(22)38-27(29)30(36-3)7-6-28(29,21(31)12-16)23-18(33)13-20(39-11-10-32)25(34)24(23)30/h4-7,13,17,21,27,32H,8-12,14-15H2,1-3H3,(H-,33,34)/p+1. The molecular weight excluding hydrogens is 518 g/mol. The van der Waals surface area contributed by atoms with Gasteiger partial charge in [0.05, 0.1) is 49.6 Å². The van der Waals surface area contributed by atoms with Crippen LogP contribution < -0.4 is 9.47 Å². The maximum absolute atomic E-state index is 11.9. The Kier molecular flexibility index (Phi) is 4.78. The molecule has 3 N–H and O–H groups in total. The van der Waals surface area contributed by atoms with Crippen LogP contribution in [-0.2, 0) is 32.3 Å². The van der Waals surface area contributed by atoms with Crippen LogP contribution >= 0.6 is 11.8 Å². The summed E-state index contributed by atoms with van der Waals surface area (Å²) in [6, 6.07) is 5.95. The smallest absolute Gasteiger partial charge is 0.166 e. The first-order valence-electron chi connectivity index (χ1n) is 13.7. The number of aliphatic hydroxyl groups is 1. The number of aromatic hydroxyl groups is 2. The first-order valence-corrected chi connectivity index (χ1v) is 14.7. The van der Waals surface area contributed by atoms with Crippen LogP contribution in [0.2, 0.25) is 0 Å². The molecule has 7 unspecified atom stereocenters. The first-order chi connectivity index (χ1) is 18.8. The van der Waals surface area contributed by atoms with Crippen molar-refractivity contribution >= 4 is 11.8 Å². The van der Waals surface area contributed by atoms with Crippen molar-refractivity contribution in [1.29, 1.82) is 0 Å². The topological polar surface area (TPSA) is 101 Å². The number of phenolic OH excluding ortho intramolecular Hbond substituents is 2. The molecule has 39 heavy (non-hydrogen) atoms. The zero-order valence-electron chi connectivity index (χ0n) is 22.4. The van der Waals surface area contributed by atoms with Crippen molar-refractivity contribution in [3.05, 3.63) is 52.6 Å². The lowest BCUT2D eigenvalue weighted by atomic mass is 9.37. The summed E-state index contributed by atoms with van der Waals surface area (Å²) in [6.45, 7) is 2.61. The molecule has 2 spiro atoms. The van der Waals surface area contributed by atoms with Gasteiger partial charge in [0.25, 0.3) is 0 Å². The Hall–Kier alpha value is -2.43. The van der Waals surface area contributed by atoms with Gasteiger partial charge in [0.2, 0.25) is 0 Å². The molecule has 0 amide bonds. The molecule has 3 aliphatic heterocycles. The molecule has 0 aromatic heterocycles. The van der Waals surface area contributed by atoms with Crippen molar-refractivity contribution in [2.24, 2.45) is 0 Å². The van der Waals surface area contributed by atoms with E-state index in [4.69, 9.17) is 18.9 Å². The molecule has 2 fully saturated rings. The minimum Gasteiger partial charge on any atom is -0.508 e. The van der Waals surface area contributed by atoms with Crippen molar-refractivity contribution in [3.8, 4) is 23.0 Å². The maximum atomic E-state index is 11.9. The highest BCUT2D eigenvalue weighted by Gasteiger charge is 2.82. The van der Waals surface area contributed by atoms with E-state index in [0.717, 1.165) is 48.3 Å². The van der Waals surface area contributed by atoms with Gasteiger partial charge >= 0.3 is 0 Å². The number of epoxide rings is 1. The second kappa shape index (κ2) is 7.64. The molecule has 8 nitrogen and oxygen atoms in total. The van der Waals surface area contributed by atoms with Gasteiger partial charge in [-0.25, -0.2) is 0 Å². The number of hydrogen-bond acceptors (Lipinski definition) is 8. The Bertz CT molecular complexity index is 1460. The van der Waals surface area contributed by atoms with Crippen molar-refractivity contribution in [1.82, 2.24) is 0 Å². The van der Waals surface area contributed by atoms with Crippen LogP contribution in [0.5, 0.6) is 23.0 Å². The Morgan fingerprint density at radius 2 is 1.97 bits per heavy atom. The van der Waals surface area contributed by atoms with Crippen LogP contribution in [0.3, 0.4) is 0 Å². The van der Waals surface area contributed by atoms with Gasteiger partial charge in [-0.2, -0.15) is 0 Å². The summed E-state index contributed by atoms with van der Waals surface area (Å²) in [4.78, 5) is 0.529. The number of quaternary nitrogens is 1. The zero-order valence-corrected chi connectivity index (χ0v) is 23.2. The molecule has 9 heteroatoms. The lowest BCUT2D eigenvalue weighted by molar-refractivity contribution is -0.945. The number of piperidine rings is 1. The number of thioether (sulfide) groups is 1. The summed E-state index contributed by atoms with van der Waals surface area (Å²) in [5.74, 6) is 2.12. The quantitative estimate of drug-likeness (QED) is 0.159. The van der Waals surface area contributed by atoms with E-state index in [-0.39, 0.29) is 30.3 Å². The summed E-state index contributed by atoms with van der Waals surface area (Å²) >= 11 is 1.32. The number of likely N-dealkylation sites (tertiary alicyclic amines) is 1. The number of benzene rings is 2. The predicted octanol–water partition coefficient (Wildman–Crippen LogP) is 2.73. The summed E-state index contributed by atoms with van der Waals surface area (Å²) in [6.07, 6.45) is 5.80. The number of rotatable bonds is 7. The number of ether oxygens (including phenoxy) is 4. The van der Waals surface area contributed by atoms with Crippen LogP contribution in [0, 0.1) is 0 Å². The van der Waals surface area contributed by atoms with Gasteiger partial charge < -0.3 is 38.8 Å². The lowest BCUT2D eigenvalue weighted by Gasteiger charge is -2.70. The number of likely N-dealkylation sites (N-methyl/N-ethyl adjacent to an activating group) is 1. The molecule has 2 aromatic carbocycles. The highest BCUT2D eigenvalue weighted by atomic mass is 32.2.